The lowest BCUT2D eigenvalue weighted by Gasteiger charge is -2.06. The number of nitrogens with two attached hydrogens (primary N) is 1. The molecule has 0 saturated heterocycles. The summed E-state index contributed by atoms with van der Waals surface area (Å²) in [6, 6.07) is 5.17. The molecule has 2 rings (SSSR count). The number of aromatic nitrogens is 2. The first kappa shape index (κ1) is 16.7. The maximum atomic E-state index is 10.7. The van der Waals surface area contributed by atoms with Crippen LogP contribution in [0.4, 0.5) is 0 Å². The summed E-state index contributed by atoms with van der Waals surface area (Å²) < 4.78 is 20.9. The van der Waals surface area contributed by atoms with Crippen molar-refractivity contribution in [3.05, 3.63) is 45.5 Å². The molecule has 0 spiro atoms. The molecular weight excluding hydrogens is 356 g/mol. The van der Waals surface area contributed by atoms with Gasteiger partial charge in [0.25, 0.3) is 5.89 Å². The summed E-state index contributed by atoms with van der Waals surface area (Å²) >= 11 is 12.9. The van der Waals surface area contributed by atoms with Crippen LogP contribution in [0.25, 0.3) is 0 Å². The quantitative estimate of drug-likeness (QED) is 0.588. The monoisotopic (exact) mass is 365 g/mol. The Morgan fingerprint density at radius 1 is 1.48 bits per heavy atom. The van der Waals surface area contributed by atoms with Crippen LogP contribution >= 0.6 is 42.2 Å². The number of hydrogen-bond acceptors (Lipinski definition) is 7. The molecule has 0 saturated carbocycles. The third-order valence-corrected chi connectivity index (χ3v) is 4.47. The fourth-order valence-electron chi connectivity index (χ4n) is 1.54. The van der Waals surface area contributed by atoms with Gasteiger partial charge in [-0.2, -0.15) is 4.98 Å². The highest BCUT2D eigenvalue weighted by Crippen LogP contribution is 2.36. The first-order valence-electron chi connectivity index (χ1n) is 5.70. The van der Waals surface area contributed by atoms with Gasteiger partial charge in [0.15, 0.2) is 11.3 Å². The minimum Gasteiger partial charge on any atom is -0.342 e. The Balaban J connectivity index is 2.13. The number of ether oxygens (including phenoxy) is 1. The maximum absolute atomic E-state index is 10.7. The van der Waals surface area contributed by atoms with E-state index in [9.17, 15) is 4.57 Å². The van der Waals surface area contributed by atoms with Crippen LogP contribution in [0.5, 0.6) is 0 Å². The van der Waals surface area contributed by atoms with E-state index in [2.05, 4.69) is 10.1 Å². The average Bonchev–Trinajstić information content (AvgIpc) is 2.90. The van der Waals surface area contributed by atoms with Gasteiger partial charge < -0.3 is 15.0 Å². The molecule has 2 aromatic rings. The van der Waals surface area contributed by atoms with Crippen LogP contribution in [0.15, 0.2) is 22.7 Å². The fraction of sp³-hybridized carbons (Fsp3) is 0.273. The van der Waals surface area contributed by atoms with E-state index in [1.807, 2.05) is 0 Å². The molecular formula is C11H10Cl2N3O3PS. The fourth-order valence-corrected chi connectivity index (χ4v) is 3.11. The molecule has 0 radical (unpaired) electrons. The van der Waals surface area contributed by atoms with Gasteiger partial charge in [-0.15, -0.1) is 0 Å². The number of hydrogen-bond donors (Lipinski definition) is 1. The van der Waals surface area contributed by atoms with Gasteiger partial charge in [0.2, 0.25) is 7.66 Å². The zero-order valence-corrected chi connectivity index (χ0v) is 13.8. The molecule has 1 unspecified atom stereocenters. The molecule has 1 aromatic carbocycles. The molecule has 10 heteroatoms. The molecule has 2 N–H and O–H groups in total. The molecule has 112 valence electrons. The molecule has 1 heterocycles. The highest BCUT2D eigenvalue weighted by atomic mass is 35.5. The van der Waals surface area contributed by atoms with Gasteiger partial charge in [0.1, 0.15) is 0 Å². The van der Waals surface area contributed by atoms with Crippen LogP contribution < -0.4 is 5.73 Å². The maximum Gasteiger partial charge on any atom is 0.267 e. The normalized spacial score (nSPS) is 12.7. The van der Waals surface area contributed by atoms with Gasteiger partial charge in [0, 0.05) is 16.5 Å². The largest absolute Gasteiger partial charge is 0.342 e. The molecule has 1 aromatic heterocycles. The molecule has 0 fully saturated rings. The Hall–Kier alpha value is -0.690. The van der Waals surface area contributed by atoms with Crippen LogP contribution in [0, 0.1) is 0 Å². The number of rotatable bonds is 7. The van der Waals surface area contributed by atoms with Crippen molar-refractivity contribution >= 4 is 42.2 Å². The van der Waals surface area contributed by atoms with E-state index in [1.54, 1.807) is 18.2 Å². The van der Waals surface area contributed by atoms with E-state index in [-0.39, 0.29) is 20.3 Å². The third-order valence-electron chi connectivity index (χ3n) is 2.44. The molecule has 0 aliphatic carbocycles. The molecule has 21 heavy (non-hydrogen) atoms. The minimum atomic E-state index is -0.670. The molecule has 0 bridgehead atoms. The van der Waals surface area contributed by atoms with Crippen LogP contribution in [-0.2, 0) is 15.7 Å². The first-order valence-corrected chi connectivity index (χ1v) is 8.76. The van der Waals surface area contributed by atoms with Crippen LogP contribution in [0.2, 0.25) is 10.0 Å². The summed E-state index contributed by atoms with van der Waals surface area (Å²) in [7, 11) is -0.170. The van der Waals surface area contributed by atoms with E-state index in [1.165, 1.54) is 0 Å². The van der Waals surface area contributed by atoms with Crippen molar-refractivity contribution in [2.24, 2.45) is 5.73 Å². The molecule has 0 aliphatic heterocycles. The topological polar surface area (TPSA) is 91.2 Å². The molecule has 0 aliphatic rings. The SMILES string of the molecule is NCOC(SP=O)c1nc(Cc2ccc(Cl)cc2Cl)no1. The second-order valence-electron chi connectivity index (χ2n) is 3.81. The van der Waals surface area contributed by atoms with Gasteiger partial charge in [-0.1, -0.05) is 34.4 Å². The lowest BCUT2D eigenvalue weighted by atomic mass is 10.1. The lowest BCUT2D eigenvalue weighted by Crippen LogP contribution is -2.08. The van der Waals surface area contributed by atoms with Crippen molar-refractivity contribution in [3.8, 4) is 0 Å². The molecule has 6 nitrogen and oxygen atoms in total. The Bertz CT molecular complexity index is 629. The van der Waals surface area contributed by atoms with Gasteiger partial charge in [-0.05, 0) is 29.1 Å². The van der Waals surface area contributed by atoms with Gasteiger partial charge in [-0.25, -0.2) is 0 Å². The Kier molecular flexibility index (Phi) is 6.41. The van der Waals surface area contributed by atoms with Crippen LogP contribution in [-0.4, -0.2) is 16.9 Å². The van der Waals surface area contributed by atoms with Gasteiger partial charge in [-0.3, -0.25) is 4.57 Å². The van der Waals surface area contributed by atoms with E-state index in [0.717, 1.165) is 16.9 Å². The summed E-state index contributed by atoms with van der Waals surface area (Å²) in [4.78, 5) is 4.19. The highest BCUT2D eigenvalue weighted by molar-refractivity contribution is 8.45. The minimum absolute atomic E-state index is 0.0477. The van der Waals surface area contributed by atoms with E-state index in [0.29, 0.717) is 22.3 Å². The Morgan fingerprint density at radius 3 is 2.95 bits per heavy atom. The van der Waals surface area contributed by atoms with E-state index in [4.69, 9.17) is 38.2 Å². The summed E-state index contributed by atoms with van der Waals surface area (Å²) in [6.07, 6.45) is 0.384. The third kappa shape index (κ3) is 4.64. The van der Waals surface area contributed by atoms with Crippen molar-refractivity contribution in [1.29, 1.82) is 0 Å². The zero-order valence-electron chi connectivity index (χ0n) is 10.5. The lowest BCUT2D eigenvalue weighted by molar-refractivity contribution is 0.0963. The molecule has 1 atom stereocenters. The van der Waals surface area contributed by atoms with Crippen molar-refractivity contribution in [2.45, 2.75) is 11.9 Å². The van der Waals surface area contributed by atoms with Crippen molar-refractivity contribution in [3.63, 3.8) is 0 Å². The number of halogens is 2. The zero-order chi connectivity index (χ0) is 15.2. The second-order valence-corrected chi connectivity index (χ2v) is 6.52. The summed E-state index contributed by atoms with van der Waals surface area (Å²) in [5.74, 6) is 0.636. The summed E-state index contributed by atoms with van der Waals surface area (Å²) in [5.41, 5.74) is 5.45. The predicted octanol–water partition coefficient (Wildman–Crippen LogP) is 3.84. The Morgan fingerprint density at radius 2 is 2.29 bits per heavy atom. The van der Waals surface area contributed by atoms with Crippen molar-refractivity contribution < 1.29 is 13.8 Å². The van der Waals surface area contributed by atoms with Crippen LogP contribution in [0.1, 0.15) is 22.7 Å². The number of benzene rings is 1. The molecule has 0 amide bonds. The van der Waals surface area contributed by atoms with Gasteiger partial charge >= 0.3 is 0 Å². The first-order chi connectivity index (χ1) is 10.1. The number of nitrogens with zero attached hydrogens (tertiary/aromatic N) is 2. The standard InChI is InChI=1S/C11H10Cl2N3O3PS/c12-7-2-1-6(8(13)4-7)3-9-15-10(19-16-9)11(18-5-14)21-20-17/h1-2,4,11H,3,5,14H2. The predicted molar refractivity (Wildman–Crippen MR) is 81.6 cm³/mol. The highest BCUT2D eigenvalue weighted by Gasteiger charge is 2.21. The Labute approximate surface area is 136 Å². The summed E-state index contributed by atoms with van der Waals surface area (Å²) in [6.45, 7) is -0.0477. The van der Waals surface area contributed by atoms with Crippen molar-refractivity contribution in [2.75, 3.05) is 6.73 Å². The summed E-state index contributed by atoms with van der Waals surface area (Å²) in [5, 5.41) is 4.92. The van der Waals surface area contributed by atoms with Crippen molar-refractivity contribution in [1.82, 2.24) is 10.1 Å². The van der Waals surface area contributed by atoms with Gasteiger partial charge in [0.05, 0.1) is 6.73 Å². The van der Waals surface area contributed by atoms with Crippen LogP contribution in [0.3, 0.4) is 0 Å². The smallest absolute Gasteiger partial charge is 0.267 e. The van der Waals surface area contributed by atoms with E-state index >= 15 is 0 Å². The second kappa shape index (κ2) is 8.08. The van der Waals surface area contributed by atoms with E-state index < -0.39 is 5.44 Å². The average molecular weight is 366 g/mol.